The molecule has 90 valence electrons. The number of ether oxygens (including phenoxy) is 1. The molecule has 0 aliphatic heterocycles. The topological polar surface area (TPSA) is 26.3 Å². The van der Waals surface area contributed by atoms with Gasteiger partial charge in [0.1, 0.15) is 6.10 Å². The minimum Gasteiger partial charge on any atom is -0.373 e. The lowest BCUT2D eigenvalue weighted by atomic mass is 10.1. The van der Waals surface area contributed by atoms with Gasteiger partial charge in [0.2, 0.25) is 0 Å². The Kier molecular flexibility index (Phi) is 8.45. The molecule has 0 rings (SSSR count). The molecule has 0 N–H and O–H groups in total. The summed E-state index contributed by atoms with van der Waals surface area (Å²) < 4.78 is 5.07. The molecule has 0 aromatic carbocycles. The third-order valence-electron chi connectivity index (χ3n) is 2.38. The first-order valence-corrected chi connectivity index (χ1v) is 5.61. The van der Waals surface area contributed by atoms with Gasteiger partial charge >= 0.3 is 0 Å². The number of Topliss-reactive ketones (excluding diaryl/α,β-unsaturated/α-hetero) is 1. The van der Waals surface area contributed by atoms with Crippen molar-refractivity contribution in [2.24, 2.45) is 0 Å². The van der Waals surface area contributed by atoms with E-state index in [0.29, 0.717) is 6.42 Å². The van der Waals surface area contributed by atoms with Crippen molar-refractivity contribution in [2.75, 3.05) is 7.11 Å². The van der Waals surface area contributed by atoms with Crippen molar-refractivity contribution in [2.45, 2.75) is 39.7 Å². The van der Waals surface area contributed by atoms with E-state index in [1.807, 2.05) is 26.0 Å². The number of carbonyl (C=O) groups is 1. The maximum atomic E-state index is 11.1. The number of hydrogen-bond acceptors (Lipinski definition) is 2. The van der Waals surface area contributed by atoms with Gasteiger partial charge in [-0.1, -0.05) is 30.4 Å². The van der Waals surface area contributed by atoms with Crippen LogP contribution in [0.25, 0.3) is 0 Å². The normalized spacial score (nSPS) is 14.9. The van der Waals surface area contributed by atoms with Gasteiger partial charge in [0, 0.05) is 7.11 Å². The van der Waals surface area contributed by atoms with Crippen molar-refractivity contribution in [3.8, 4) is 0 Å². The molecule has 0 aromatic rings. The van der Waals surface area contributed by atoms with E-state index >= 15 is 0 Å². The molecule has 0 aliphatic carbocycles. The summed E-state index contributed by atoms with van der Waals surface area (Å²) in [6.07, 6.45) is 11.5. The maximum Gasteiger partial charge on any atom is 0.158 e. The number of carbonyl (C=O) groups excluding carboxylic acids is 1. The Labute approximate surface area is 98.7 Å². The van der Waals surface area contributed by atoms with E-state index in [9.17, 15) is 4.79 Å². The molecule has 2 nitrogen and oxygen atoms in total. The van der Waals surface area contributed by atoms with Crippen LogP contribution in [0.2, 0.25) is 0 Å². The van der Waals surface area contributed by atoms with E-state index < -0.39 is 0 Å². The van der Waals surface area contributed by atoms with Gasteiger partial charge in [-0.2, -0.15) is 0 Å². The quantitative estimate of drug-likeness (QED) is 0.487. The molecule has 0 radical (unpaired) electrons. The Morgan fingerprint density at radius 1 is 1.31 bits per heavy atom. The van der Waals surface area contributed by atoms with Crippen LogP contribution >= 0.6 is 0 Å². The monoisotopic (exact) mass is 222 g/mol. The van der Waals surface area contributed by atoms with Crippen molar-refractivity contribution in [3.63, 3.8) is 0 Å². The Bertz CT molecular complexity index is 285. The summed E-state index contributed by atoms with van der Waals surface area (Å²) in [5, 5.41) is 0. The van der Waals surface area contributed by atoms with Crippen LogP contribution in [0.3, 0.4) is 0 Å². The van der Waals surface area contributed by atoms with Crippen molar-refractivity contribution in [1.82, 2.24) is 0 Å². The molecule has 0 saturated carbocycles. The van der Waals surface area contributed by atoms with Gasteiger partial charge in [0.15, 0.2) is 5.78 Å². The molecular weight excluding hydrogens is 200 g/mol. The predicted molar refractivity (Wildman–Crippen MR) is 68.4 cm³/mol. The molecule has 0 saturated heterocycles. The molecule has 1 unspecified atom stereocenters. The molecule has 0 aliphatic rings. The highest BCUT2D eigenvalue weighted by Gasteiger charge is 2.09. The van der Waals surface area contributed by atoms with Gasteiger partial charge in [-0.15, -0.1) is 0 Å². The molecule has 16 heavy (non-hydrogen) atoms. The van der Waals surface area contributed by atoms with Gasteiger partial charge < -0.3 is 4.74 Å². The van der Waals surface area contributed by atoms with Gasteiger partial charge in [0.25, 0.3) is 0 Å². The first-order valence-electron chi connectivity index (χ1n) is 5.61. The number of rotatable bonds is 7. The van der Waals surface area contributed by atoms with Gasteiger partial charge in [-0.05, 0) is 39.2 Å². The zero-order chi connectivity index (χ0) is 12.4. The lowest BCUT2D eigenvalue weighted by Gasteiger charge is -2.08. The molecule has 0 amide bonds. The van der Waals surface area contributed by atoms with Crippen LogP contribution in [0, 0.1) is 0 Å². The van der Waals surface area contributed by atoms with Crippen molar-refractivity contribution in [1.29, 1.82) is 0 Å². The first kappa shape index (κ1) is 14.8. The highest BCUT2D eigenvalue weighted by atomic mass is 16.5. The summed E-state index contributed by atoms with van der Waals surface area (Å²) in [7, 11) is 1.57. The van der Waals surface area contributed by atoms with Crippen molar-refractivity contribution >= 4 is 5.78 Å². The second-order valence-electron chi connectivity index (χ2n) is 3.61. The third-order valence-corrected chi connectivity index (χ3v) is 2.38. The maximum absolute atomic E-state index is 11.1. The van der Waals surface area contributed by atoms with Gasteiger partial charge in [-0.25, -0.2) is 0 Å². The van der Waals surface area contributed by atoms with Gasteiger partial charge in [-0.3, -0.25) is 4.79 Å². The second kappa shape index (κ2) is 9.10. The molecule has 0 aromatic heterocycles. The third kappa shape index (κ3) is 6.36. The Morgan fingerprint density at radius 2 is 2.00 bits per heavy atom. The standard InChI is InChI=1S/C14H22O2/c1-5-7-9-13(6-2)10-8-11-14(16-4)12(3)15/h5-8,10,14H,9,11H2,1-4H3/b7-5-,10-8-,13-6-. The number of hydrogen-bond donors (Lipinski definition) is 0. The summed E-state index contributed by atoms with van der Waals surface area (Å²) in [4.78, 5) is 11.1. The Hall–Kier alpha value is -1.15. The van der Waals surface area contributed by atoms with E-state index in [1.165, 1.54) is 5.57 Å². The van der Waals surface area contributed by atoms with Crippen LogP contribution in [0.5, 0.6) is 0 Å². The fourth-order valence-electron chi connectivity index (χ4n) is 1.31. The summed E-state index contributed by atoms with van der Waals surface area (Å²) in [6.45, 7) is 5.58. The second-order valence-corrected chi connectivity index (χ2v) is 3.61. The molecule has 0 bridgehead atoms. The first-order chi connectivity index (χ1) is 7.65. The van der Waals surface area contributed by atoms with E-state index in [4.69, 9.17) is 4.74 Å². The number of allylic oxidation sites excluding steroid dienone is 5. The molecule has 0 spiro atoms. The van der Waals surface area contributed by atoms with Crippen LogP contribution < -0.4 is 0 Å². The van der Waals surface area contributed by atoms with Crippen molar-refractivity contribution < 1.29 is 9.53 Å². The Morgan fingerprint density at radius 3 is 2.44 bits per heavy atom. The van der Waals surface area contributed by atoms with Crippen molar-refractivity contribution in [3.05, 3.63) is 36.0 Å². The minimum absolute atomic E-state index is 0.0719. The largest absolute Gasteiger partial charge is 0.373 e. The summed E-state index contributed by atoms with van der Waals surface area (Å²) in [5.74, 6) is 0.0719. The molecule has 1 atom stereocenters. The van der Waals surface area contributed by atoms with Crippen LogP contribution in [0.15, 0.2) is 36.0 Å². The van der Waals surface area contributed by atoms with Crippen LogP contribution in [0.4, 0.5) is 0 Å². The molecule has 2 heteroatoms. The molecule has 0 fully saturated rings. The van der Waals surface area contributed by atoms with E-state index in [-0.39, 0.29) is 11.9 Å². The van der Waals surface area contributed by atoms with E-state index in [2.05, 4.69) is 18.2 Å². The zero-order valence-electron chi connectivity index (χ0n) is 10.7. The fourth-order valence-corrected chi connectivity index (χ4v) is 1.31. The number of ketones is 1. The van der Waals surface area contributed by atoms with Crippen LogP contribution in [-0.4, -0.2) is 19.0 Å². The average Bonchev–Trinajstić information content (AvgIpc) is 2.28. The lowest BCUT2D eigenvalue weighted by Crippen LogP contribution is -2.18. The number of methoxy groups -OCH3 is 1. The SMILES string of the molecule is C/C=C\CC(/C=C\CC(OC)C(C)=O)=C/C. The van der Waals surface area contributed by atoms with E-state index in [1.54, 1.807) is 14.0 Å². The molecular formula is C14H22O2. The summed E-state index contributed by atoms with van der Waals surface area (Å²) >= 11 is 0. The Balaban J connectivity index is 4.20. The summed E-state index contributed by atoms with van der Waals surface area (Å²) in [5.41, 5.74) is 1.25. The minimum atomic E-state index is -0.309. The average molecular weight is 222 g/mol. The summed E-state index contributed by atoms with van der Waals surface area (Å²) in [6, 6.07) is 0. The smallest absolute Gasteiger partial charge is 0.158 e. The fraction of sp³-hybridized carbons (Fsp3) is 0.500. The van der Waals surface area contributed by atoms with Crippen LogP contribution in [0.1, 0.15) is 33.6 Å². The van der Waals surface area contributed by atoms with E-state index in [0.717, 1.165) is 6.42 Å². The lowest BCUT2D eigenvalue weighted by molar-refractivity contribution is -0.126. The van der Waals surface area contributed by atoms with Crippen LogP contribution in [-0.2, 0) is 9.53 Å². The van der Waals surface area contributed by atoms with Gasteiger partial charge in [0.05, 0.1) is 0 Å². The highest BCUT2D eigenvalue weighted by molar-refractivity contribution is 5.80. The predicted octanol–water partition coefficient (Wildman–Crippen LogP) is 3.45. The zero-order valence-corrected chi connectivity index (χ0v) is 10.7. The molecule has 0 heterocycles. The highest BCUT2D eigenvalue weighted by Crippen LogP contribution is 2.07.